The van der Waals surface area contributed by atoms with Crippen molar-refractivity contribution in [1.29, 1.82) is 0 Å². The second-order valence-electron chi connectivity index (χ2n) is 9.00. The number of hydrogen-bond acceptors (Lipinski definition) is 4. The Morgan fingerprint density at radius 1 is 0.806 bits per heavy atom. The Balaban J connectivity index is 1.28. The van der Waals surface area contributed by atoms with E-state index >= 15 is 0 Å². The van der Waals surface area contributed by atoms with Gasteiger partial charge in [-0.3, -0.25) is 9.59 Å². The van der Waals surface area contributed by atoms with Crippen molar-refractivity contribution in [2.45, 2.75) is 56.3 Å². The highest BCUT2D eigenvalue weighted by Crippen LogP contribution is 2.29. The van der Waals surface area contributed by atoms with Gasteiger partial charge in [-0.1, -0.05) is 25.7 Å². The largest absolute Gasteiger partial charge is 0.339 e. The van der Waals surface area contributed by atoms with Crippen LogP contribution >= 0.6 is 0 Å². The topological polar surface area (TPSA) is 78.0 Å². The van der Waals surface area contributed by atoms with Crippen molar-refractivity contribution in [2.24, 2.45) is 5.92 Å². The second-order valence-corrected chi connectivity index (χ2v) is 10.9. The summed E-state index contributed by atoms with van der Waals surface area (Å²) in [6, 6.07) is 6.27. The van der Waals surface area contributed by atoms with Gasteiger partial charge < -0.3 is 9.80 Å². The van der Waals surface area contributed by atoms with E-state index in [4.69, 9.17) is 0 Å². The van der Waals surface area contributed by atoms with Gasteiger partial charge in [0.25, 0.3) is 5.91 Å². The zero-order valence-corrected chi connectivity index (χ0v) is 19.0. The Hall–Kier alpha value is -1.93. The van der Waals surface area contributed by atoms with E-state index in [0.717, 1.165) is 19.3 Å². The third-order valence-corrected chi connectivity index (χ3v) is 8.88. The van der Waals surface area contributed by atoms with Gasteiger partial charge in [0.15, 0.2) is 0 Å². The first kappa shape index (κ1) is 22.3. The van der Waals surface area contributed by atoms with Crippen molar-refractivity contribution >= 4 is 21.8 Å². The monoisotopic (exact) mass is 447 g/mol. The summed E-state index contributed by atoms with van der Waals surface area (Å²) in [4.78, 5) is 29.2. The van der Waals surface area contributed by atoms with Crippen molar-refractivity contribution < 1.29 is 18.0 Å². The van der Waals surface area contributed by atoms with Crippen LogP contribution in [0.2, 0.25) is 0 Å². The molecule has 1 aromatic rings. The van der Waals surface area contributed by atoms with Crippen molar-refractivity contribution in [3.63, 3.8) is 0 Å². The fourth-order valence-electron chi connectivity index (χ4n) is 4.97. The summed E-state index contributed by atoms with van der Waals surface area (Å²) in [6.07, 6.45) is 8.50. The van der Waals surface area contributed by atoms with Gasteiger partial charge in [0.05, 0.1) is 4.90 Å². The number of piperazine rings is 1. The Bertz CT molecular complexity index is 880. The molecule has 1 aromatic carbocycles. The van der Waals surface area contributed by atoms with Crippen LogP contribution in [0.3, 0.4) is 0 Å². The van der Waals surface area contributed by atoms with Gasteiger partial charge in [-0.25, -0.2) is 8.42 Å². The number of hydrogen-bond donors (Lipinski definition) is 0. The van der Waals surface area contributed by atoms with Crippen molar-refractivity contribution in [1.82, 2.24) is 14.1 Å². The van der Waals surface area contributed by atoms with Gasteiger partial charge >= 0.3 is 0 Å². The number of carbonyl (C=O) groups is 2. The first-order chi connectivity index (χ1) is 14.9. The third-order valence-electron chi connectivity index (χ3n) is 6.96. The minimum atomic E-state index is -3.47. The van der Waals surface area contributed by atoms with Gasteiger partial charge in [-0.15, -0.1) is 0 Å². The van der Waals surface area contributed by atoms with Crippen LogP contribution < -0.4 is 0 Å². The quantitative estimate of drug-likeness (QED) is 0.672. The molecule has 3 aliphatic rings. The first-order valence-corrected chi connectivity index (χ1v) is 13.1. The van der Waals surface area contributed by atoms with E-state index in [-0.39, 0.29) is 16.7 Å². The van der Waals surface area contributed by atoms with E-state index in [1.165, 1.54) is 42.1 Å². The lowest BCUT2D eigenvalue weighted by molar-refractivity contribution is -0.133. The van der Waals surface area contributed by atoms with Crippen LogP contribution in [0.4, 0.5) is 0 Å². The van der Waals surface area contributed by atoms with E-state index in [2.05, 4.69) is 0 Å². The molecule has 0 radical (unpaired) electrons. The average Bonchev–Trinajstić information content (AvgIpc) is 3.52. The smallest absolute Gasteiger partial charge is 0.253 e. The van der Waals surface area contributed by atoms with Gasteiger partial charge in [0.1, 0.15) is 0 Å². The zero-order valence-electron chi connectivity index (χ0n) is 18.2. The molecule has 0 spiro atoms. The lowest BCUT2D eigenvalue weighted by Gasteiger charge is -2.35. The fraction of sp³-hybridized carbons (Fsp3) is 0.652. The maximum absolute atomic E-state index is 12.9. The van der Waals surface area contributed by atoms with Crippen molar-refractivity contribution in [2.75, 3.05) is 39.3 Å². The normalized spacial score (nSPS) is 21.0. The second kappa shape index (κ2) is 9.69. The SMILES string of the molecule is O=C(CCC1CCCC1)N1CCN(C(=O)c2ccc(S(=O)(=O)N3CCCC3)cc2)CC1. The summed E-state index contributed by atoms with van der Waals surface area (Å²) >= 11 is 0. The molecule has 0 bridgehead atoms. The van der Waals surface area contributed by atoms with Crippen molar-refractivity contribution in [3.05, 3.63) is 29.8 Å². The predicted octanol–water partition coefficient (Wildman–Crippen LogP) is 2.73. The molecule has 3 fully saturated rings. The number of carbonyl (C=O) groups excluding carboxylic acids is 2. The first-order valence-electron chi connectivity index (χ1n) is 11.6. The van der Waals surface area contributed by atoms with Crippen LogP contribution in [-0.2, 0) is 14.8 Å². The highest BCUT2D eigenvalue weighted by Gasteiger charge is 2.28. The van der Waals surface area contributed by atoms with Crippen molar-refractivity contribution in [3.8, 4) is 0 Å². The Morgan fingerprint density at radius 2 is 1.39 bits per heavy atom. The molecular weight excluding hydrogens is 414 g/mol. The highest BCUT2D eigenvalue weighted by molar-refractivity contribution is 7.89. The lowest BCUT2D eigenvalue weighted by Crippen LogP contribution is -2.50. The molecule has 1 aliphatic carbocycles. The van der Waals surface area contributed by atoms with E-state index < -0.39 is 10.0 Å². The van der Waals surface area contributed by atoms with E-state index in [9.17, 15) is 18.0 Å². The van der Waals surface area contributed by atoms with Crippen LogP contribution in [0.25, 0.3) is 0 Å². The molecule has 2 amide bonds. The molecule has 4 rings (SSSR count). The molecule has 2 heterocycles. The zero-order chi connectivity index (χ0) is 21.8. The third kappa shape index (κ3) is 5.12. The molecule has 0 unspecified atom stereocenters. The average molecular weight is 448 g/mol. The Kier molecular flexibility index (Phi) is 6.96. The van der Waals surface area contributed by atoms with Gasteiger partial charge in [-0.05, 0) is 49.4 Å². The number of nitrogens with zero attached hydrogens (tertiary/aromatic N) is 3. The number of sulfonamides is 1. The molecule has 170 valence electrons. The summed E-state index contributed by atoms with van der Waals surface area (Å²) in [7, 11) is -3.47. The molecule has 2 saturated heterocycles. The van der Waals surface area contributed by atoms with Gasteiger partial charge in [0.2, 0.25) is 15.9 Å². The number of amides is 2. The van der Waals surface area contributed by atoms with Gasteiger partial charge in [0, 0.05) is 51.3 Å². The Morgan fingerprint density at radius 3 is 2.00 bits per heavy atom. The molecule has 31 heavy (non-hydrogen) atoms. The molecule has 1 saturated carbocycles. The maximum atomic E-state index is 12.9. The maximum Gasteiger partial charge on any atom is 0.253 e. The highest BCUT2D eigenvalue weighted by atomic mass is 32.2. The van der Waals surface area contributed by atoms with Crippen LogP contribution in [-0.4, -0.2) is 73.6 Å². The fourth-order valence-corrected chi connectivity index (χ4v) is 6.49. The molecule has 7 nitrogen and oxygen atoms in total. The van der Waals surface area contributed by atoms with Crippen LogP contribution in [0.5, 0.6) is 0 Å². The summed E-state index contributed by atoms with van der Waals surface area (Å²) in [5, 5.41) is 0. The van der Waals surface area contributed by atoms with Crippen LogP contribution in [0.1, 0.15) is 61.7 Å². The predicted molar refractivity (Wildman–Crippen MR) is 118 cm³/mol. The Labute approximate surface area is 185 Å². The minimum absolute atomic E-state index is 0.108. The summed E-state index contributed by atoms with van der Waals surface area (Å²) in [5.74, 6) is 0.808. The number of rotatable bonds is 6. The number of benzene rings is 1. The van der Waals surface area contributed by atoms with E-state index in [1.807, 2.05) is 4.90 Å². The lowest BCUT2D eigenvalue weighted by atomic mass is 10.0. The molecule has 0 aromatic heterocycles. The summed E-state index contributed by atoms with van der Waals surface area (Å²) in [5.41, 5.74) is 0.487. The molecule has 2 aliphatic heterocycles. The van der Waals surface area contributed by atoms with Crippen LogP contribution in [0.15, 0.2) is 29.2 Å². The molecule has 8 heteroatoms. The minimum Gasteiger partial charge on any atom is -0.339 e. The standard InChI is InChI=1S/C23H33N3O4S/c27-22(12-7-19-5-1-2-6-19)24-15-17-25(18-16-24)23(28)20-8-10-21(11-9-20)31(29,30)26-13-3-4-14-26/h8-11,19H,1-7,12-18H2. The van der Waals surface area contributed by atoms with Crippen LogP contribution in [0, 0.1) is 5.92 Å². The molecule has 0 N–H and O–H groups in total. The van der Waals surface area contributed by atoms with E-state index in [1.54, 1.807) is 17.0 Å². The summed E-state index contributed by atoms with van der Waals surface area (Å²) < 4.78 is 26.8. The summed E-state index contributed by atoms with van der Waals surface area (Å²) in [6.45, 7) is 3.29. The van der Waals surface area contributed by atoms with Gasteiger partial charge in [-0.2, -0.15) is 4.31 Å². The molecular formula is C23H33N3O4S. The molecule has 0 atom stereocenters. The van der Waals surface area contributed by atoms with E-state index in [0.29, 0.717) is 57.2 Å².